The van der Waals surface area contributed by atoms with Crippen molar-refractivity contribution in [3.8, 4) is 0 Å². The minimum Gasteiger partial charge on any atom is -0.346 e. The van der Waals surface area contributed by atoms with Gasteiger partial charge in [0.25, 0.3) is 0 Å². The number of hydrogen-bond acceptors (Lipinski definition) is 3. The second-order valence-electron chi connectivity index (χ2n) is 2.26. The van der Waals surface area contributed by atoms with Gasteiger partial charge in [0.15, 0.2) is 7.98 Å². The van der Waals surface area contributed by atoms with E-state index in [0.717, 1.165) is 26.2 Å². The largest absolute Gasteiger partial charge is 0.346 e. The van der Waals surface area contributed by atoms with E-state index in [1.807, 2.05) is 0 Å². The number of nitrogens with zero attached hydrogens (tertiary/aromatic N) is 2. The average Bonchev–Trinajstić information content (AvgIpc) is 1.77. The Labute approximate surface area is 56.8 Å². The molecule has 1 rings (SSSR count). The molecule has 1 fully saturated rings. The minimum absolute atomic E-state index is 1.10. The Morgan fingerprint density at radius 1 is 1.12 bits per heavy atom. The van der Waals surface area contributed by atoms with E-state index in [0.29, 0.717) is 0 Å². The van der Waals surface area contributed by atoms with Gasteiger partial charge in [-0.05, 0) is 0 Å². The summed E-state index contributed by atoms with van der Waals surface area (Å²) in [5, 5.41) is 0. The standard InChI is InChI=1S/C4H11BN2S/c5-6-1-3-7(8)4-2-6/h8H,1-5H2. The van der Waals surface area contributed by atoms with Gasteiger partial charge < -0.3 is 4.81 Å². The molecule has 1 heterocycles. The molecule has 0 N–H and O–H groups in total. The molecule has 0 radical (unpaired) electrons. The van der Waals surface area contributed by atoms with Crippen LogP contribution in [0.1, 0.15) is 0 Å². The van der Waals surface area contributed by atoms with Gasteiger partial charge in [-0.15, -0.1) is 0 Å². The van der Waals surface area contributed by atoms with E-state index in [9.17, 15) is 0 Å². The van der Waals surface area contributed by atoms with Gasteiger partial charge in [0.05, 0.1) is 0 Å². The van der Waals surface area contributed by atoms with Crippen LogP contribution in [0.4, 0.5) is 0 Å². The molecule has 0 aromatic heterocycles. The van der Waals surface area contributed by atoms with Gasteiger partial charge >= 0.3 is 0 Å². The first-order valence-electron chi connectivity index (χ1n) is 2.91. The second kappa shape index (κ2) is 2.76. The molecule has 0 atom stereocenters. The van der Waals surface area contributed by atoms with Gasteiger partial charge in [0, 0.05) is 26.2 Å². The quantitative estimate of drug-likeness (QED) is 0.332. The first-order valence-corrected chi connectivity index (χ1v) is 3.31. The lowest BCUT2D eigenvalue weighted by Crippen LogP contribution is -2.40. The maximum atomic E-state index is 4.21. The van der Waals surface area contributed by atoms with Gasteiger partial charge in [-0.2, -0.15) is 0 Å². The van der Waals surface area contributed by atoms with E-state index >= 15 is 0 Å². The summed E-state index contributed by atoms with van der Waals surface area (Å²) in [7, 11) is 2.14. The molecule has 1 aliphatic heterocycles. The van der Waals surface area contributed by atoms with Crippen LogP contribution in [0, 0.1) is 0 Å². The lowest BCUT2D eigenvalue weighted by molar-refractivity contribution is 0.302. The highest BCUT2D eigenvalue weighted by Crippen LogP contribution is 1.99. The van der Waals surface area contributed by atoms with Gasteiger partial charge in [0.2, 0.25) is 0 Å². The van der Waals surface area contributed by atoms with Gasteiger partial charge in [-0.3, -0.25) is 4.31 Å². The number of piperazine rings is 1. The van der Waals surface area contributed by atoms with Gasteiger partial charge in [-0.25, -0.2) is 0 Å². The van der Waals surface area contributed by atoms with E-state index in [2.05, 4.69) is 29.9 Å². The molecule has 8 heavy (non-hydrogen) atoms. The SMILES string of the molecule is BN1CCN(S)CC1. The van der Waals surface area contributed by atoms with Crippen molar-refractivity contribution >= 4 is 20.8 Å². The van der Waals surface area contributed by atoms with E-state index in [-0.39, 0.29) is 0 Å². The Balaban J connectivity index is 2.19. The summed E-state index contributed by atoms with van der Waals surface area (Å²) >= 11 is 4.21. The van der Waals surface area contributed by atoms with Crippen molar-refractivity contribution < 1.29 is 0 Å². The molecule has 0 aliphatic carbocycles. The van der Waals surface area contributed by atoms with Crippen LogP contribution in [0.2, 0.25) is 0 Å². The molecular weight excluding hydrogens is 119 g/mol. The zero-order valence-electron chi connectivity index (χ0n) is 5.17. The monoisotopic (exact) mass is 130 g/mol. The fraction of sp³-hybridized carbons (Fsp3) is 1.00. The van der Waals surface area contributed by atoms with Gasteiger partial charge in [0.1, 0.15) is 0 Å². The highest BCUT2D eigenvalue weighted by Gasteiger charge is 2.08. The molecule has 0 saturated carbocycles. The summed E-state index contributed by atoms with van der Waals surface area (Å²) in [5.74, 6) is 0. The topological polar surface area (TPSA) is 6.48 Å². The molecule has 2 nitrogen and oxygen atoms in total. The van der Waals surface area contributed by atoms with E-state index in [1.165, 1.54) is 0 Å². The summed E-state index contributed by atoms with van der Waals surface area (Å²) in [4.78, 5) is 2.31. The third-order valence-electron chi connectivity index (χ3n) is 1.48. The molecule has 46 valence electrons. The van der Waals surface area contributed by atoms with Crippen LogP contribution < -0.4 is 0 Å². The van der Waals surface area contributed by atoms with Crippen molar-refractivity contribution in [2.24, 2.45) is 0 Å². The van der Waals surface area contributed by atoms with Crippen LogP contribution in [0.5, 0.6) is 0 Å². The molecule has 0 aromatic rings. The molecule has 0 amide bonds. The van der Waals surface area contributed by atoms with E-state index in [4.69, 9.17) is 0 Å². The Morgan fingerprint density at radius 3 is 2.00 bits per heavy atom. The van der Waals surface area contributed by atoms with Crippen LogP contribution in [-0.4, -0.2) is 43.3 Å². The highest BCUT2D eigenvalue weighted by molar-refractivity contribution is 7.77. The lowest BCUT2D eigenvalue weighted by Gasteiger charge is -2.28. The predicted octanol–water partition coefficient (Wildman–Crippen LogP) is -1.00. The van der Waals surface area contributed by atoms with Crippen molar-refractivity contribution in [2.75, 3.05) is 26.2 Å². The highest BCUT2D eigenvalue weighted by atomic mass is 32.1. The zero-order valence-corrected chi connectivity index (χ0v) is 6.06. The van der Waals surface area contributed by atoms with Crippen LogP contribution in [0.25, 0.3) is 0 Å². The Morgan fingerprint density at radius 2 is 1.62 bits per heavy atom. The number of rotatable bonds is 0. The fourth-order valence-electron chi connectivity index (χ4n) is 0.796. The van der Waals surface area contributed by atoms with E-state index < -0.39 is 0 Å². The summed E-state index contributed by atoms with van der Waals surface area (Å²) in [6.45, 7) is 4.51. The summed E-state index contributed by atoms with van der Waals surface area (Å²) in [5.41, 5.74) is 0. The van der Waals surface area contributed by atoms with Crippen molar-refractivity contribution in [2.45, 2.75) is 0 Å². The van der Waals surface area contributed by atoms with Crippen molar-refractivity contribution in [3.05, 3.63) is 0 Å². The first kappa shape index (κ1) is 6.45. The lowest BCUT2D eigenvalue weighted by atomic mass is 10.2. The fourth-order valence-corrected chi connectivity index (χ4v) is 0.975. The molecule has 0 unspecified atom stereocenters. The number of hydrogen-bond donors (Lipinski definition) is 1. The molecule has 0 bridgehead atoms. The second-order valence-corrected chi connectivity index (χ2v) is 2.82. The summed E-state index contributed by atoms with van der Waals surface area (Å²) in [6.07, 6.45) is 0. The van der Waals surface area contributed by atoms with E-state index in [1.54, 1.807) is 0 Å². The zero-order chi connectivity index (χ0) is 5.98. The van der Waals surface area contributed by atoms with Crippen LogP contribution >= 0.6 is 12.8 Å². The average molecular weight is 130 g/mol. The van der Waals surface area contributed by atoms with Crippen molar-refractivity contribution in [3.63, 3.8) is 0 Å². The number of thiol groups is 1. The van der Waals surface area contributed by atoms with Crippen LogP contribution in [0.15, 0.2) is 0 Å². The smallest absolute Gasteiger partial charge is 0.185 e. The predicted molar refractivity (Wildman–Crippen MR) is 40.7 cm³/mol. The van der Waals surface area contributed by atoms with Crippen LogP contribution in [0.3, 0.4) is 0 Å². The molecular formula is C4H11BN2S. The maximum Gasteiger partial charge on any atom is 0.185 e. The normalized spacial score (nSPS) is 26.1. The van der Waals surface area contributed by atoms with Crippen molar-refractivity contribution in [1.29, 1.82) is 0 Å². The van der Waals surface area contributed by atoms with Crippen molar-refractivity contribution in [1.82, 2.24) is 9.12 Å². The third kappa shape index (κ3) is 1.69. The first-order chi connectivity index (χ1) is 3.79. The molecule has 4 heteroatoms. The Bertz CT molecular complexity index is 62.4. The molecule has 1 saturated heterocycles. The third-order valence-corrected chi connectivity index (χ3v) is 1.88. The molecule has 0 spiro atoms. The Kier molecular flexibility index (Phi) is 2.22. The maximum absolute atomic E-state index is 4.21. The summed E-state index contributed by atoms with van der Waals surface area (Å²) in [6, 6.07) is 0. The van der Waals surface area contributed by atoms with Gasteiger partial charge in [-0.1, -0.05) is 12.8 Å². The Hall–Kier alpha value is 0.335. The van der Waals surface area contributed by atoms with Crippen LogP contribution in [-0.2, 0) is 0 Å². The minimum atomic E-state index is 1.10. The molecule has 1 aliphatic rings. The summed E-state index contributed by atoms with van der Waals surface area (Å²) < 4.78 is 2.06. The molecule has 0 aromatic carbocycles.